The van der Waals surface area contributed by atoms with Crippen LogP contribution < -0.4 is 14.8 Å². The molecule has 1 N–H and O–H groups in total. The summed E-state index contributed by atoms with van der Waals surface area (Å²) >= 11 is 1.56. The van der Waals surface area contributed by atoms with Crippen LogP contribution in [0.3, 0.4) is 0 Å². The maximum atomic E-state index is 12.6. The third-order valence-corrected chi connectivity index (χ3v) is 5.51. The first-order valence-corrected chi connectivity index (χ1v) is 10.1. The Morgan fingerprint density at radius 2 is 2.14 bits per heavy atom. The van der Waals surface area contributed by atoms with Crippen molar-refractivity contribution >= 4 is 22.4 Å². The van der Waals surface area contributed by atoms with Gasteiger partial charge in [-0.3, -0.25) is 15.1 Å². The Kier molecular flexibility index (Phi) is 5.53. The third-order valence-electron chi connectivity index (χ3n) is 4.44. The van der Waals surface area contributed by atoms with Crippen LogP contribution in [0, 0.1) is 0 Å². The molecule has 0 bridgehead atoms. The average Bonchev–Trinajstić information content (AvgIpc) is 3.29. The van der Waals surface area contributed by atoms with Gasteiger partial charge in [-0.15, -0.1) is 11.3 Å². The molecule has 0 aliphatic heterocycles. The van der Waals surface area contributed by atoms with Crippen molar-refractivity contribution in [3.8, 4) is 11.5 Å². The highest BCUT2D eigenvalue weighted by molar-refractivity contribution is 7.16. The Morgan fingerprint density at radius 1 is 1.21 bits per heavy atom. The molecule has 0 radical (unpaired) electrons. The number of amides is 1. The van der Waals surface area contributed by atoms with Crippen LogP contribution in [0.1, 0.15) is 39.8 Å². The number of thiazole rings is 1. The van der Waals surface area contributed by atoms with Crippen molar-refractivity contribution in [3.05, 3.63) is 64.4 Å². The quantitative estimate of drug-likeness (QED) is 0.647. The van der Waals surface area contributed by atoms with E-state index in [-0.39, 0.29) is 5.91 Å². The van der Waals surface area contributed by atoms with E-state index in [4.69, 9.17) is 9.47 Å². The third kappa shape index (κ3) is 4.14. The Balaban J connectivity index is 1.47. The highest BCUT2D eigenvalue weighted by Crippen LogP contribution is 2.32. The number of hydrogen-bond acceptors (Lipinski definition) is 6. The van der Waals surface area contributed by atoms with Crippen LogP contribution in [-0.4, -0.2) is 22.5 Å². The number of anilines is 1. The molecule has 4 rings (SSSR count). The van der Waals surface area contributed by atoms with Crippen molar-refractivity contribution in [2.24, 2.45) is 0 Å². The Bertz CT molecular complexity index is 951. The van der Waals surface area contributed by atoms with Crippen LogP contribution in [0.5, 0.6) is 11.5 Å². The highest BCUT2D eigenvalue weighted by atomic mass is 32.1. The summed E-state index contributed by atoms with van der Waals surface area (Å²) in [5.74, 6) is 0.934. The van der Waals surface area contributed by atoms with Crippen LogP contribution >= 0.6 is 11.3 Å². The fraction of sp³-hybridized carbons (Fsp3) is 0.286. The molecule has 28 heavy (non-hydrogen) atoms. The monoisotopic (exact) mass is 395 g/mol. The lowest BCUT2D eigenvalue weighted by Gasteiger charge is -2.13. The maximum absolute atomic E-state index is 12.6. The molecule has 6 nitrogen and oxygen atoms in total. The van der Waals surface area contributed by atoms with Gasteiger partial charge in [0.05, 0.1) is 12.3 Å². The summed E-state index contributed by atoms with van der Waals surface area (Å²) in [4.78, 5) is 22.5. The number of hydrogen-bond donors (Lipinski definition) is 1. The molecule has 2 heterocycles. The van der Waals surface area contributed by atoms with Gasteiger partial charge >= 0.3 is 0 Å². The second kappa shape index (κ2) is 8.39. The smallest absolute Gasteiger partial charge is 0.257 e. The Morgan fingerprint density at radius 3 is 2.93 bits per heavy atom. The van der Waals surface area contributed by atoms with Crippen LogP contribution in [-0.2, 0) is 19.4 Å². The van der Waals surface area contributed by atoms with E-state index < -0.39 is 0 Å². The van der Waals surface area contributed by atoms with E-state index in [0.717, 1.165) is 30.5 Å². The standard InChI is InChI=1S/C21H21N3O3S/c1-2-26-18-11-15(8-9-17(18)27-13-14-5-4-10-22-12-14)20(25)24-21-23-16-6-3-7-19(16)28-21/h4-5,8-12H,2-3,6-7,13H2,1H3,(H,23,24,25). The van der Waals surface area contributed by atoms with E-state index in [1.807, 2.05) is 19.1 Å². The summed E-state index contributed by atoms with van der Waals surface area (Å²) in [6.45, 7) is 2.76. The lowest BCUT2D eigenvalue weighted by Crippen LogP contribution is -2.12. The lowest BCUT2D eigenvalue weighted by atomic mass is 10.2. The number of aromatic nitrogens is 2. The van der Waals surface area contributed by atoms with Crippen LogP contribution in [0.25, 0.3) is 0 Å². The molecule has 0 atom stereocenters. The van der Waals surface area contributed by atoms with Gasteiger partial charge in [-0.05, 0) is 50.5 Å². The van der Waals surface area contributed by atoms with Gasteiger partial charge in [0, 0.05) is 28.4 Å². The van der Waals surface area contributed by atoms with Crippen LogP contribution in [0.2, 0.25) is 0 Å². The molecule has 0 saturated carbocycles. The topological polar surface area (TPSA) is 73.3 Å². The molecule has 2 aromatic heterocycles. The second-order valence-electron chi connectivity index (χ2n) is 6.44. The molecular weight excluding hydrogens is 374 g/mol. The fourth-order valence-corrected chi connectivity index (χ4v) is 4.14. The molecule has 1 aliphatic carbocycles. The number of nitrogens with zero attached hydrogens (tertiary/aromatic N) is 2. The number of ether oxygens (including phenoxy) is 2. The summed E-state index contributed by atoms with van der Waals surface area (Å²) in [6.07, 6.45) is 6.69. The number of pyridine rings is 1. The number of fused-ring (bicyclic) bond motifs is 1. The average molecular weight is 395 g/mol. The van der Waals surface area contributed by atoms with Gasteiger partial charge < -0.3 is 9.47 Å². The van der Waals surface area contributed by atoms with Crippen molar-refractivity contribution in [2.75, 3.05) is 11.9 Å². The molecule has 0 spiro atoms. The maximum Gasteiger partial charge on any atom is 0.257 e. The summed E-state index contributed by atoms with van der Waals surface area (Å²) in [5.41, 5.74) is 2.59. The minimum Gasteiger partial charge on any atom is -0.490 e. The number of carbonyl (C=O) groups is 1. The van der Waals surface area contributed by atoms with Crippen molar-refractivity contribution < 1.29 is 14.3 Å². The van der Waals surface area contributed by atoms with E-state index in [0.29, 0.717) is 35.4 Å². The van der Waals surface area contributed by atoms with Gasteiger partial charge in [0.2, 0.25) is 0 Å². The zero-order chi connectivity index (χ0) is 19.3. The predicted octanol–water partition coefficient (Wildman–Crippen LogP) is 4.26. The molecule has 0 saturated heterocycles. The van der Waals surface area contributed by atoms with E-state index in [2.05, 4.69) is 15.3 Å². The van der Waals surface area contributed by atoms with E-state index >= 15 is 0 Å². The van der Waals surface area contributed by atoms with Gasteiger partial charge in [-0.25, -0.2) is 4.98 Å². The van der Waals surface area contributed by atoms with E-state index in [1.165, 1.54) is 4.88 Å². The van der Waals surface area contributed by atoms with E-state index in [9.17, 15) is 4.79 Å². The summed E-state index contributed by atoms with van der Waals surface area (Å²) in [6, 6.07) is 9.01. The molecule has 0 unspecified atom stereocenters. The first-order valence-electron chi connectivity index (χ1n) is 9.31. The van der Waals surface area contributed by atoms with Gasteiger partial charge in [0.25, 0.3) is 5.91 Å². The first kappa shape index (κ1) is 18.4. The van der Waals surface area contributed by atoms with Gasteiger partial charge in [-0.2, -0.15) is 0 Å². The van der Waals surface area contributed by atoms with Crippen molar-refractivity contribution in [1.29, 1.82) is 0 Å². The summed E-state index contributed by atoms with van der Waals surface area (Å²) in [5, 5.41) is 3.56. The zero-order valence-corrected chi connectivity index (χ0v) is 16.4. The van der Waals surface area contributed by atoms with Gasteiger partial charge in [0.15, 0.2) is 16.6 Å². The highest BCUT2D eigenvalue weighted by Gasteiger charge is 2.19. The number of benzene rings is 1. The first-order chi connectivity index (χ1) is 13.7. The normalized spacial score (nSPS) is 12.5. The largest absolute Gasteiger partial charge is 0.490 e. The van der Waals surface area contributed by atoms with E-state index in [1.54, 1.807) is 41.9 Å². The number of carbonyl (C=O) groups excluding carboxylic acids is 1. The molecular formula is C21H21N3O3S. The molecule has 3 aromatic rings. The molecule has 1 aromatic carbocycles. The number of aryl methyl sites for hydroxylation is 2. The molecule has 1 aliphatic rings. The Labute approximate surface area is 167 Å². The SMILES string of the molecule is CCOc1cc(C(=O)Nc2nc3c(s2)CCC3)ccc1OCc1cccnc1. The molecule has 0 fully saturated rings. The predicted molar refractivity (Wildman–Crippen MR) is 108 cm³/mol. The van der Waals surface area contributed by atoms with Crippen molar-refractivity contribution in [1.82, 2.24) is 9.97 Å². The van der Waals surface area contributed by atoms with Crippen molar-refractivity contribution in [2.45, 2.75) is 32.8 Å². The summed E-state index contributed by atoms with van der Waals surface area (Å²) < 4.78 is 11.5. The molecule has 7 heteroatoms. The minimum absolute atomic E-state index is 0.202. The minimum atomic E-state index is -0.202. The number of rotatable bonds is 7. The second-order valence-corrected chi connectivity index (χ2v) is 7.52. The fourth-order valence-electron chi connectivity index (χ4n) is 3.09. The van der Waals surface area contributed by atoms with Crippen LogP contribution in [0.15, 0.2) is 42.7 Å². The van der Waals surface area contributed by atoms with Gasteiger partial charge in [0.1, 0.15) is 6.61 Å². The zero-order valence-electron chi connectivity index (χ0n) is 15.6. The van der Waals surface area contributed by atoms with Crippen LogP contribution in [0.4, 0.5) is 5.13 Å². The Hall–Kier alpha value is -2.93. The van der Waals surface area contributed by atoms with Gasteiger partial charge in [-0.1, -0.05) is 6.07 Å². The molecule has 1 amide bonds. The lowest BCUT2D eigenvalue weighted by molar-refractivity contribution is 0.102. The number of nitrogens with one attached hydrogen (secondary N) is 1. The van der Waals surface area contributed by atoms with Crippen molar-refractivity contribution in [3.63, 3.8) is 0 Å². The summed E-state index contributed by atoms with van der Waals surface area (Å²) in [7, 11) is 0. The molecule has 144 valence electrons.